The molecule has 1 heterocycles. The number of thiocarbonyl (C=S) groups is 1. The molecule has 3 amide bonds. The number of thioether (sulfide) groups is 1. The van der Waals surface area contributed by atoms with Gasteiger partial charge in [0.2, 0.25) is 0 Å². The molecule has 0 atom stereocenters. The summed E-state index contributed by atoms with van der Waals surface area (Å²) >= 11 is 5.95. The molecule has 0 saturated carbocycles. The molecular weight excluding hydrogens is 316 g/mol. The van der Waals surface area contributed by atoms with E-state index in [9.17, 15) is 19.7 Å². The largest absolute Gasteiger partial charge is 0.350 e. The molecule has 0 bridgehead atoms. The number of urea groups is 1. The highest BCUT2D eigenvalue weighted by molar-refractivity contribution is 8.26. The number of nitrogens with one attached hydrogen (secondary N) is 1. The summed E-state index contributed by atoms with van der Waals surface area (Å²) in [4.78, 5) is 33.1. The quantitative estimate of drug-likeness (QED) is 0.375. The van der Waals surface area contributed by atoms with Crippen LogP contribution in [0.1, 0.15) is 5.56 Å². The third-order valence-corrected chi connectivity index (χ3v) is 3.72. The van der Waals surface area contributed by atoms with Crippen LogP contribution in [0, 0.1) is 10.1 Å². The van der Waals surface area contributed by atoms with Gasteiger partial charge in [0.1, 0.15) is 0 Å². The van der Waals surface area contributed by atoms with Crippen molar-refractivity contribution in [1.29, 1.82) is 0 Å². The average Bonchev–Trinajstić information content (AvgIpc) is 2.67. The standard InChI is InChI=1S/C11H8N4O4S2/c12-10(17)13-14-9(16)8(21-11(14)20)5-6-1-3-7(4-2-6)15(18)19/h1-5H,(H3,12,13,17). The zero-order chi connectivity index (χ0) is 15.6. The number of hydrogen-bond donors (Lipinski definition) is 2. The van der Waals surface area contributed by atoms with E-state index in [2.05, 4.69) is 5.43 Å². The Morgan fingerprint density at radius 2 is 2.05 bits per heavy atom. The molecule has 0 aliphatic carbocycles. The van der Waals surface area contributed by atoms with Gasteiger partial charge in [0.15, 0.2) is 4.32 Å². The number of rotatable bonds is 3. The van der Waals surface area contributed by atoms with Crippen LogP contribution in [0.3, 0.4) is 0 Å². The SMILES string of the molecule is NC(=O)NN1C(=O)C(=Cc2ccc([N+](=O)[O-])cc2)SC1=S. The Balaban J connectivity index is 2.22. The van der Waals surface area contributed by atoms with E-state index >= 15 is 0 Å². The number of nitrogens with two attached hydrogens (primary N) is 1. The number of hydrazine groups is 1. The maximum absolute atomic E-state index is 12.0. The van der Waals surface area contributed by atoms with E-state index in [4.69, 9.17) is 18.0 Å². The van der Waals surface area contributed by atoms with Crippen LogP contribution in [0.4, 0.5) is 10.5 Å². The van der Waals surface area contributed by atoms with Gasteiger partial charge in [0, 0.05) is 12.1 Å². The maximum atomic E-state index is 12.0. The van der Waals surface area contributed by atoms with Gasteiger partial charge in [-0.05, 0) is 36.0 Å². The zero-order valence-electron chi connectivity index (χ0n) is 10.3. The summed E-state index contributed by atoms with van der Waals surface area (Å²) in [6, 6.07) is 4.77. The third kappa shape index (κ3) is 3.35. The predicted octanol–water partition coefficient (Wildman–Crippen LogP) is 1.38. The van der Waals surface area contributed by atoms with Crippen LogP contribution in [0.2, 0.25) is 0 Å². The minimum Gasteiger partial charge on any atom is -0.350 e. The number of carbonyl (C=O) groups excluding carboxylic acids is 2. The van der Waals surface area contributed by atoms with Crippen LogP contribution < -0.4 is 11.2 Å². The van der Waals surface area contributed by atoms with Crippen molar-refractivity contribution < 1.29 is 14.5 Å². The fourth-order valence-electron chi connectivity index (χ4n) is 1.52. The second-order valence-corrected chi connectivity index (χ2v) is 5.52. The van der Waals surface area contributed by atoms with E-state index in [1.54, 1.807) is 0 Å². The van der Waals surface area contributed by atoms with E-state index in [0.717, 1.165) is 16.8 Å². The van der Waals surface area contributed by atoms with Gasteiger partial charge >= 0.3 is 6.03 Å². The van der Waals surface area contributed by atoms with Crippen molar-refractivity contribution in [3.05, 3.63) is 44.8 Å². The summed E-state index contributed by atoms with van der Waals surface area (Å²) in [5, 5.41) is 11.4. The molecule has 10 heteroatoms. The fraction of sp³-hybridized carbons (Fsp3) is 0. The monoisotopic (exact) mass is 324 g/mol. The van der Waals surface area contributed by atoms with E-state index < -0.39 is 16.9 Å². The van der Waals surface area contributed by atoms with Crippen molar-refractivity contribution in [3.63, 3.8) is 0 Å². The molecule has 1 saturated heterocycles. The molecule has 1 aliphatic heterocycles. The van der Waals surface area contributed by atoms with Crippen LogP contribution >= 0.6 is 24.0 Å². The molecule has 1 aromatic rings. The highest BCUT2D eigenvalue weighted by atomic mass is 32.2. The molecule has 3 N–H and O–H groups in total. The number of nitro groups is 1. The lowest BCUT2D eigenvalue weighted by Gasteiger charge is -2.12. The smallest absolute Gasteiger partial charge is 0.331 e. The Bertz CT molecular complexity index is 671. The van der Waals surface area contributed by atoms with E-state index in [-0.39, 0.29) is 14.9 Å². The molecule has 21 heavy (non-hydrogen) atoms. The molecule has 1 aromatic carbocycles. The average molecular weight is 324 g/mol. The van der Waals surface area contributed by atoms with Gasteiger partial charge < -0.3 is 5.73 Å². The summed E-state index contributed by atoms with van der Waals surface area (Å²) < 4.78 is 0.145. The van der Waals surface area contributed by atoms with Gasteiger partial charge in [0.05, 0.1) is 9.83 Å². The number of carbonyl (C=O) groups is 2. The molecule has 8 nitrogen and oxygen atoms in total. The van der Waals surface area contributed by atoms with Crippen molar-refractivity contribution >= 4 is 52.0 Å². The molecular formula is C11H8N4O4S2. The maximum Gasteiger partial charge on any atom is 0.331 e. The Morgan fingerprint density at radius 1 is 1.43 bits per heavy atom. The summed E-state index contributed by atoms with van der Waals surface area (Å²) in [5.41, 5.74) is 7.61. The van der Waals surface area contributed by atoms with Gasteiger partial charge in [0.25, 0.3) is 11.6 Å². The van der Waals surface area contributed by atoms with E-state index in [1.807, 2.05) is 0 Å². The fourth-order valence-corrected chi connectivity index (χ4v) is 2.70. The summed E-state index contributed by atoms with van der Waals surface area (Å²) in [6.07, 6.45) is 1.52. The lowest BCUT2D eigenvalue weighted by molar-refractivity contribution is -0.384. The Kier molecular flexibility index (Phi) is 4.19. The van der Waals surface area contributed by atoms with Gasteiger partial charge in [-0.3, -0.25) is 14.9 Å². The summed E-state index contributed by atoms with van der Waals surface area (Å²) in [5.74, 6) is -0.512. The molecule has 1 aliphatic rings. The predicted molar refractivity (Wildman–Crippen MR) is 80.8 cm³/mol. The van der Waals surface area contributed by atoms with Crippen LogP contribution in [-0.2, 0) is 4.79 Å². The van der Waals surface area contributed by atoms with Crippen molar-refractivity contribution in [2.75, 3.05) is 0 Å². The highest BCUT2D eigenvalue weighted by Gasteiger charge is 2.33. The highest BCUT2D eigenvalue weighted by Crippen LogP contribution is 2.31. The van der Waals surface area contributed by atoms with Crippen molar-refractivity contribution in [1.82, 2.24) is 10.4 Å². The van der Waals surface area contributed by atoms with Crippen LogP contribution in [-0.4, -0.2) is 26.2 Å². The number of primary amides is 1. The van der Waals surface area contributed by atoms with Gasteiger partial charge in [-0.25, -0.2) is 10.2 Å². The molecule has 108 valence electrons. The molecule has 0 unspecified atom stereocenters. The first kappa shape index (κ1) is 14.9. The second-order valence-electron chi connectivity index (χ2n) is 3.84. The number of hydrogen-bond acceptors (Lipinski definition) is 6. The second kappa shape index (κ2) is 5.89. The summed E-state index contributed by atoms with van der Waals surface area (Å²) in [6.45, 7) is 0. The van der Waals surface area contributed by atoms with Gasteiger partial charge in [-0.15, -0.1) is 0 Å². The van der Waals surface area contributed by atoms with Gasteiger partial charge in [-0.1, -0.05) is 11.8 Å². The lowest BCUT2D eigenvalue weighted by Crippen LogP contribution is -2.47. The topological polar surface area (TPSA) is 119 Å². The first-order valence-corrected chi connectivity index (χ1v) is 6.69. The lowest BCUT2D eigenvalue weighted by atomic mass is 10.2. The van der Waals surface area contributed by atoms with Crippen molar-refractivity contribution in [3.8, 4) is 0 Å². The van der Waals surface area contributed by atoms with E-state index in [0.29, 0.717) is 5.56 Å². The number of nitrogens with zero attached hydrogens (tertiary/aromatic N) is 2. The van der Waals surface area contributed by atoms with Crippen LogP contribution in [0.15, 0.2) is 29.2 Å². The van der Waals surface area contributed by atoms with Crippen LogP contribution in [0.5, 0.6) is 0 Å². The first-order valence-electron chi connectivity index (χ1n) is 5.47. The van der Waals surface area contributed by atoms with Gasteiger partial charge in [-0.2, -0.15) is 5.01 Å². The van der Waals surface area contributed by atoms with Crippen LogP contribution in [0.25, 0.3) is 6.08 Å². The Morgan fingerprint density at radius 3 is 2.57 bits per heavy atom. The molecule has 0 spiro atoms. The molecule has 1 fully saturated rings. The van der Waals surface area contributed by atoms with Crippen molar-refractivity contribution in [2.45, 2.75) is 0 Å². The molecule has 2 rings (SSSR count). The normalized spacial score (nSPS) is 16.4. The summed E-state index contributed by atoms with van der Waals surface area (Å²) in [7, 11) is 0. The zero-order valence-corrected chi connectivity index (χ0v) is 11.9. The van der Waals surface area contributed by atoms with E-state index in [1.165, 1.54) is 30.3 Å². The molecule has 0 aromatic heterocycles. The van der Waals surface area contributed by atoms with Crippen molar-refractivity contribution in [2.24, 2.45) is 5.73 Å². The number of non-ortho nitro benzene ring substituents is 1. The number of amides is 3. The first-order chi connectivity index (χ1) is 9.88. The molecule has 0 radical (unpaired) electrons. The number of benzene rings is 1. The minimum atomic E-state index is -0.900. The Hall–Kier alpha value is -2.46. The number of nitro benzene ring substituents is 1. The Labute approximate surface area is 128 Å². The third-order valence-electron chi connectivity index (χ3n) is 2.42. The minimum absolute atomic E-state index is 0.0462.